The third-order valence-electron chi connectivity index (χ3n) is 3.12. The van der Waals surface area contributed by atoms with Crippen molar-refractivity contribution in [2.45, 2.75) is 0 Å². The Morgan fingerprint density at radius 3 is 2.52 bits per heavy atom. The van der Waals surface area contributed by atoms with Gasteiger partial charge in [0.25, 0.3) is 0 Å². The predicted octanol–water partition coefficient (Wildman–Crippen LogP) is 3.69. The molecule has 0 aliphatic rings. The van der Waals surface area contributed by atoms with E-state index >= 15 is 0 Å². The van der Waals surface area contributed by atoms with E-state index in [4.69, 9.17) is 0 Å². The zero-order chi connectivity index (χ0) is 17.8. The molecule has 7 nitrogen and oxygen atoms in total. The third-order valence-corrected chi connectivity index (χ3v) is 4.22. The highest BCUT2D eigenvalue weighted by molar-refractivity contribution is 7.20. The molecule has 0 saturated heterocycles. The van der Waals surface area contributed by atoms with Gasteiger partial charge in [0.2, 0.25) is 0 Å². The van der Waals surface area contributed by atoms with Gasteiger partial charge in [-0.1, -0.05) is 12.1 Å². The first kappa shape index (κ1) is 16.5. The number of anilines is 2. The van der Waals surface area contributed by atoms with Crippen LogP contribution >= 0.6 is 11.3 Å². The Bertz CT molecular complexity index is 913. The van der Waals surface area contributed by atoms with Crippen LogP contribution in [0, 0.1) is 5.82 Å². The maximum absolute atomic E-state index is 13.0. The van der Waals surface area contributed by atoms with Crippen molar-refractivity contribution in [1.29, 1.82) is 0 Å². The lowest BCUT2D eigenvalue weighted by atomic mass is 10.1. The van der Waals surface area contributed by atoms with Gasteiger partial charge >= 0.3 is 12.0 Å². The van der Waals surface area contributed by atoms with Gasteiger partial charge in [-0.2, -0.15) is 0 Å². The van der Waals surface area contributed by atoms with Gasteiger partial charge in [0.05, 0.1) is 11.8 Å². The highest BCUT2D eigenvalue weighted by Crippen LogP contribution is 2.35. The molecule has 0 radical (unpaired) electrons. The summed E-state index contributed by atoms with van der Waals surface area (Å²) in [5.74, 6) is -1.34. The number of carbonyl (C=O) groups is 2. The highest BCUT2D eigenvalue weighted by Gasteiger charge is 2.18. The van der Waals surface area contributed by atoms with Crippen molar-refractivity contribution in [1.82, 2.24) is 9.97 Å². The number of carbonyl (C=O) groups excluding carboxylic acids is 1. The molecule has 3 aromatic rings. The number of thiophene rings is 1. The quantitative estimate of drug-likeness (QED) is 0.660. The highest BCUT2D eigenvalue weighted by atomic mass is 32.1. The van der Waals surface area contributed by atoms with E-state index in [2.05, 4.69) is 20.6 Å². The number of urea groups is 1. The Labute approximate surface area is 145 Å². The van der Waals surface area contributed by atoms with Crippen molar-refractivity contribution in [3.05, 3.63) is 60.3 Å². The van der Waals surface area contributed by atoms with Crippen LogP contribution in [0.2, 0.25) is 0 Å². The molecule has 0 unspecified atom stereocenters. The molecule has 2 heterocycles. The fraction of sp³-hybridized carbons (Fsp3) is 0. The van der Waals surface area contributed by atoms with Gasteiger partial charge in [-0.25, -0.2) is 19.0 Å². The minimum absolute atomic E-state index is 0.0568. The molecule has 0 aliphatic heterocycles. The second kappa shape index (κ2) is 7.05. The first-order chi connectivity index (χ1) is 12.0. The minimum Gasteiger partial charge on any atom is -0.478 e. The molecule has 0 fully saturated rings. The van der Waals surface area contributed by atoms with Crippen molar-refractivity contribution in [3.63, 3.8) is 0 Å². The van der Waals surface area contributed by atoms with Crippen molar-refractivity contribution in [3.8, 4) is 10.4 Å². The number of aromatic carboxylic acids is 1. The summed E-state index contributed by atoms with van der Waals surface area (Å²) in [6.07, 6.45) is 4.23. The van der Waals surface area contributed by atoms with E-state index in [1.807, 2.05) is 0 Å². The summed E-state index contributed by atoms with van der Waals surface area (Å²) < 4.78 is 13.0. The Balaban J connectivity index is 1.83. The molecule has 0 aliphatic carbocycles. The van der Waals surface area contributed by atoms with Gasteiger partial charge in [0.1, 0.15) is 10.8 Å². The molecule has 25 heavy (non-hydrogen) atoms. The Morgan fingerprint density at radius 2 is 1.88 bits per heavy atom. The topological polar surface area (TPSA) is 104 Å². The van der Waals surface area contributed by atoms with Crippen molar-refractivity contribution < 1.29 is 19.1 Å². The van der Waals surface area contributed by atoms with Gasteiger partial charge in [0.15, 0.2) is 5.82 Å². The standard InChI is InChI=1S/C16H11FN4O3S/c17-10-3-1-9(2-4-10)12-7-11(15(22)23)14(25-12)21-16(24)20-13-8-18-5-6-19-13/h1-8H,(H,22,23)(H2,19,20,21,24). The zero-order valence-electron chi connectivity index (χ0n) is 12.6. The number of nitrogens with zero attached hydrogens (tertiary/aromatic N) is 2. The second-order valence-corrected chi connectivity index (χ2v) is 5.89. The molecule has 0 bridgehead atoms. The molecular formula is C16H11FN4O3S. The van der Waals surface area contributed by atoms with E-state index in [1.165, 1.54) is 48.9 Å². The fourth-order valence-electron chi connectivity index (χ4n) is 2.01. The number of carboxylic acid groups (broad SMARTS) is 1. The number of carboxylic acids is 1. The molecule has 0 saturated carbocycles. The lowest BCUT2D eigenvalue weighted by Gasteiger charge is -2.05. The lowest BCUT2D eigenvalue weighted by Crippen LogP contribution is -2.20. The normalized spacial score (nSPS) is 10.3. The zero-order valence-corrected chi connectivity index (χ0v) is 13.4. The smallest absolute Gasteiger partial charge is 0.338 e. The molecule has 3 N–H and O–H groups in total. The average Bonchev–Trinajstić information content (AvgIpc) is 3.00. The summed E-state index contributed by atoms with van der Waals surface area (Å²) in [5, 5.41) is 14.4. The Kier molecular flexibility index (Phi) is 4.66. The second-order valence-electron chi connectivity index (χ2n) is 4.84. The van der Waals surface area contributed by atoms with Gasteiger partial charge in [-0.15, -0.1) is 11.3 Å². The van der Waals surface area contributed by atoms with Gasteiger partial charge in [-0.05, 0) is 23.8 Å². The summed E-state index contributed by atoms with van der Waals surface area (Å²) in [4.78, 5) is 31.7. The third kappa shape index (κ3) is 3.96. The monoisotopic (exact) mass is 358 g/mol. The molecule has 1 aromatic carbocycles. The van der Waals surface area contributed by atoms with Crippen LogP contribution in [0.15, 0.2) is 48.9 Å². The first-order valence-electron chi connectivity index (χ1n) is 7.00. The van der Waals surface area contributed by atoms with Crippen LogP contribution in [0.25, 0.3) is 10.4 Å². The Morgan fingerprint density at radius 1 is 1.12 bits per heavy atom. The van der Waals surface area contributed by atoms with E-state index in [-0.39, 0.29) is 22.2 Å². The number of halogens is 1. The molecule has 9 heteroatoms. The fourth-order valence-corrected chi connectivity index (χ4v) is 3.06. The molecular weight excluding hydrogens is 347 g/mol. The molecule has 3 rings (SSSR count). The molecule has 0 spiro atoms. The van der Waals surface area contributed by atoms with Gasteiger partial charge in [0, 0.05) is 17.3 Å². The molecule has 2 amide bonds. The van der Waals surface area contributed by atoms with E-state index in [0.29, 0.717) is 10.4 Å². The largest absolute Gasteiger partial charge is 0.478 e. The minimum atomic E-state index is -1.18. The van der Waals surface area contributed by atoms with Crippen molar-refractivity contribution in [2.75, 3.05) is 10.6 Å². The van der Waals surface area contributed by atoms with Crippen LogP contribution in [-0.4, -0.2) is 27.1 Å². The molecule has 2 aromatic heterocycles. The molecule has 0 atom stereocenters. The van der Waals surface area contributed by atoms with E-state index in [0.717, 1.165) is 11.3 Å². The van der Waals surface area contributed by atoms with Crippen molar-refractivity contribution >= 4 is 34.2 Å². The number of nitrogens with one attached hydrogen (secondary N) is 2. The van der Waals surface area contributed by atoms with Crippen LogP contribution in [0.1, 0.15) is 10.4 Å². The van der Waals surface area contributed by atoms with Gasteiger partial charge < -0.3 is 5.11 Å². The summed E-state index contributed by atoms with van der Waals surface area (Å²) in [6, 6.07) is 6.42. The van der Waals surface area contributed by atoms with E-state index in [9.17, 15) is 19.1 Å². The summed E-state index contributed by atoms with van der Waals surface area (Å²) in [5.41, 5.74) is 0.593. The first-order valence-corrected chi connectivity index (χ1v) is 7.81. The number of rotatable bonds is 4. The van der Waals surface area contributed by atoms with E-state index < -0.39 is 12.0 Å². The number of benzene rings is 1. The van der Waals surface area contributed by atoms with Crippen LogP contribution in [0.5, 0.6) is 0 Å². The maximum Gasteiger partial charge on any atom is 0.338 e. The van der Waals surface area contributed by atoms with E-state index in [1.54, 1.807) is 0 Å². The van der Waals surface area contributed by atoms with Gasteiger partial charge in [-0.3, -0.25) is 15.6 Å². The van der Waals surface area contributed by atoms with Crippen LogP contribution in [0.3, 0.4) is 0 Å². The number of aromatic nitrogens is 2. The number of hydrogen-bond donors (Lipinski definition) is 3. The summed E-state index contributed by atoms with van der Waals surface area (Å²) in [6.45, 7) is 0. The number of amides is 2. The maximum atomic E-state index is 13.0. The predicted molar refractivity (Wildman–Crippen MR) is 91.3 cm³/mol. The summed E-state index contributed by atoms with van der Waals surface area (Å²) >= 11 is 1.07. The number of hydrogen-bond acceptors (Lipinski definition) is 5. The molecule has 126 valence electrons. The average molecular weight is 358 g/mol. The van der Waals surface area contributed by atoms with Crippen LogP contribution in [0.4, 0.5) is 20.0 Å². The SMILES string of the molecule is O=C(Nc1cnccn1)Nc1sc(-c2ccc(F)cc2)cc1C(=O)O. The summed E-state index contributed by atoms with van der Waals surface area (Å²) in [7, 11) is 0. The lowest BCUT2D eigenvalue weighted by molar-refractivity contribution is 0.0698. The van der Waals surface area contributed by atoms with Crippen LogP contribution < -0.4 is 10.6 Å². The Hall–Kier alpha value is -3.33. The van der Waals surface area contributed by atoms with Crippen molar-refractivity contribution in [2.24, 2.45) is 0 Å². The van der Waals surface area contributed by atoms with Crippen LogP contribution in [-0.2, 0) is 0 Å².